The van der Waals surface area contributed by atoms with Crippen LogP contribution in [0.1, 0.15) is 53.5 Å². The van der Waals surface area contributed by atoms with E-state index >= 15 is 0 Å². The number of benzene rings is 1. The molecule has 7 nitrogen and oxygen atoms in total. The fourth-order valence-electron chi connectivity index (χ4n) is 8.05. The first-order chi connectivity index (χ1) is 19.2. The average molecular weight is 580 g/mol. The van der Waals surface area contributed by atoms with Gasteiger partial charge in [-0.3, -0.25) is 14.4 Å². The van der Waals surface area contributed by atoms with Crippen LogP contribution in [0.2, 0.25) is 0 Å². The van der Waals surface area contributed by atoms with Gasteiger partial charge in [0.25, 0.3) is 0 Å². The van der Waals surface area contributed by atoms with Crippen LogP contribution in [-0.4, -0.2) is 91.4 Å². The van der Waals surface area contributed by atoms with Gasteiger partial charge in [-0.25, -0.2) is 0 Å². The van der Waals surface area contributed by atoms with E-state index in [0.717, 1.165) is 12.0 Å². The fraction of sp³-hybridized carbons (Fsp3) is 0.606. The van der Waals surface area contributed by atoms with Crippen LogP contribution in [0, 0.1) is 17.3 Å². The molecule has 4 aliphatic heterocycles. The molecular weight excluding hydrogens is 534 g/mol. The molecule has 1 N–H and O–H groups in total. The number of amides is 3. The number of aliphatic hydroxyl groups is 1. The molecule has 222 valence electrons. The predicted octanol–water partition coefficient (Wildman–Crippen LogP) is 3.92. The van der Waals surface area contributed by atoms with Gasteiger partial charge in [-0.1, -0.05) is 75.4 Å². The summed E-state index contributed by atoms with van der Waals surface area (Å²) in [5.41, 5.74) is 0.494. The van der Waals surface area contributed by atoms with Crippen LogP contribution in [0.25, 0.3) is 0 Å². The van der Waals surface area contributed by atoms with Gasteiger partial charge in [0, 0.05) is 30.4 Å². The number of aliphatic hydroxyl groups excluding tert-OH is 1. The van der Waals surface area contributed by atoms with E-state index in [4.69, 9.17) is 0 Å². The summed E-state index contributed by atoms with van der Waals surface area (Å²) in [5, 5.41) is 10.7. The molecule has 2 fully saturated rings. The summed E-state index contributed by atoms with van der Waals surface area (Å²) in [6.45, 7) is 13.4. The van der Waals surface area contributed by atoms with Crippen LogP contribution in [0.5, 0.6) is 0 Å². The third kappa shape index (κ3) is 4.95. The largest absolute Gasteiger partial charge is 0.394 e. The number of likely N-dealkylation sites (N-methyl/N-ethyl adjacent to an activating group) is 1. The van der Waals surface area contributed by atoms with Gasteiger partial charge in [-0.15, -0.1) is 11.8 Å². The Labute approximate surface area is 249 Å². The van der Waals surface area contributed by atoms with E-state index in [9.17, 15) is 19.5 Å². The van der Waals surface area contributed by atoms with Crippen molar-refractivity contribution in [2.24, 2.45) is 17.3 Å². The van der Waals surface area contributed by atoms with Gasteiger partial charge < -0.3 is 19.8 Å². The summed E-state index contributed by atoms with van der Waals surface area (Å²) < 4.78 is -1.57. The first-order valence-electron chi connectivity index (χ1n) is 14.7. The molecule has 3 amide bonds. The Bertz CT molecular complexity index is 1270. The molecule has 6 atom stereocenters. The van der Waals surface area contributed by atoms with E-state index in [1.165, 1.54) is 0 Å². The quantitative estimate of drug-likeness (QED) is 0.517. The molecule has 5 rings (SSSR count). The zero-order valence-corrected chi connectivity index (χ0v) is 26.3. The van der Waals surface area contributed by atoms with Crippen molar-refractivity contribution < 1.29 is 19.5 Å². The maximum absolute atomic E-state index is 14.9. The Kier molecular flexibility index (Phi) is 7.51. The van der Waals surface area contributed by atoms with Crippen molar-refractivity contribution in [2.75, 3.05) is 26.7 Å². The van der Waals surface area contributed by atoms with E-state index in [1.807, 2.05) is 54.3 Å². The second kappa shape index (κ2) is 10.3. The van der Waals surface area contributed by atoms with Crippen molar-refractivity contribution >= 4 is 29.5 Å². The Morgan fingerprint density at radius 1 is 0.951 bits per heavy atom. The second-order valence-electron chi connectivity index (χ2n) is 14.3. The molecule has 1 aromatic carbocycles. The van der Waals surface area contributed by atoms with Gasteiger partial charge in [-0.2, -0.15) is 0 Å². The number of likely N-dealkylation sites (tertiary alicyclic amines) is 1. The van der Waals surface area contributed by atoms with Crippen molar-refractivity contribution in [3.8, 4) is 0 Å². The average Bonchev–Trinajstić information content (AvgIpc) is 3.16. The Hall–Kier alpha value is -2.58. The maximum atomic E-state index is 14.9. The Morgan fingerprint density at radius 3 is 2.24 bits per heavy atom. The molecule has 0 aromatic heterocycles. The Balaban J connectivity index is 1.66. The molecule has 41 heavy (non-hydrogen) atoms. The highest BCUT2D eigenvalue weighted by molar-refractivity contribution is 8.02. The summed E-state index contributed by atoms with van der Waals surface area (Å²) in [5.74, 6) is -1.71. The molecule has 0 bridgehead atoms. The second-order valence-corrected chi connectivity index (χ2v) is 16.1. The number of rotatable bonds is 6. The van der Waals surface area contributed by atoms with Crippen LogP contribution in [0.4, 0.5) is 0 Å². The molecule has 0 radical (unpaired) electrons. The van der Waals surface area contributed by atoms with Crippen LogP contribution in [-0.2, 0) is 20.8 Å². The predicted molar refractivity (Wildman–Crippen MR) is 163 cm³/mol. The van der Waals surface area contributed by atoms with Crippen LogP contribution in [0.15, 0.2) is 54.6 Å². The zero-order chi connectivity index (χ0) is 30.0. The molecule has 4 heterocycles. The molecule has 2 saturated heterocycles. The minimum absolute atomic E-state index is 0.0171. The lowest BCUT2D eigenvalue weighted by molar-refractivity contribution is -0.149. The van der Waals surface area contributed by atoms with Gasteiger partial charge in [0.05, 0.1) is 29.2 Å². The third-order valence-corrected chi connectivity index (χ3v) is 11.1. The highest BCUT2D eigenvalue weighted by atomic mass is 32.2. The number of hydrogen-bond acceptors (Lipinski definition) is 5. The molecular formula is C33H45N3O4S. The number of hydrogen-bond donors (Lipinski definition) is 1. The van der Waals surface area contributed by atoms with E-state index in [0.29, 0.717) is 19.5 Å². The van der Waals surface area contributed by atoms with E-state index in [2.05, 4.69) is 46.8 Å². The van der Waals surface area contributed by atoms with Gasteiger partial charge in [0.2, 0.25) is 17.7 Å². The highest BCUT2D eigenvalue weighted by Gasteiger charge is 2.74. The van der Waals surface area contributed by atoms with Crippen LogP contribution >= 0.6 is 11.8 Å². The number of carbonyl (C=O) groups is 3. The molecule has 1 spiro atoms. The van der Waals surface area contributed by atoms with Crippen molar-refractivity contribution in [1.29, 1.82) is 0 Å². The van der Waals surface area contributed by atoms with Gasteiger partial charge in [0.1, 0.15) is 6.04 Å². The molecule has 8 heteroatoms. The summed E-state index contributed by atoms with van der Waals surface area (Å²) in [7, 11) is 1.78. The van der Waals surface area contributed by atoms with Crippen LogP contribution in [0.3, 0.4) is 0 Å². The molecule has 1 unspecified atom stereocenters. The van der Waals surface area contributed by atoms with E-state index in [1.54, 1.807) is 28.6 Å². The normalized spacial score (nSPS) is 32.5. The lowest BCUT2D eigenvalue weighted by Crippen LogP contribution is -2.61. The maximum Gasteiger partial charge on any atom is 0.247 e. The van der Waals surface area contributed by atoms with Crippen LogP contribution < -0.4 is 0 Å². The fourth-order valence-corrected chi connectivity index (χ4v) is 10.2. The number of nitrogens with zero attached hydrogens (tertiary/aromatic N) is 3. The van der Waals surface area contributed by atoms with Crippen molar-refractivity contribution in [2.45, 2.75) is 81.5 Å². The minimum Gasteiger partial charge on any atom is -0.394 e. The first-order valence-corrected chi connectivity index (χ1v) is 15.6. The highest BCUT2D eigenvalue weighted by Crippen LogP contribution is 2.66. The van der Waals surface area contributed by atoms with Crippen molar-refractivity contribution in [3.63, 3.8) is 0 Å². The van der Waals surface area contributed by atoms with Gasteiger partial charge in [-0.05, 0) is 44.6 Å². The number of carbonyl (C=O) groups excluding carboxylic acids is 3. The lowest BCUT2D eigenvalue weighted by Gasteiger charge is -2.45. The standard InChI is InChI=1S/C33H45N3O4S/c1-30(2,3)21-31(4,5)35-18-12-16-33-25(24-27(38)34(7)17-11-15-32(24,6)41-33)28(39)36(26(33)29(35)40)23(20-37)19-22-13-9-8-10-14-22/h8-16,23-26,37H,17-21H2,1-7H3/t23-,24+,25+,26?,32-,33+/m1/s1. The topological polar surface area (TPSA) is 81.2 Å². The minimum atomic E-state index is -0.928. The van der Waals surface area contributed by atoms with Gasteiger partial charge >= 0.3 is 0 Å². The molecule has 4 aliphatic rings. The van der Waals surface area contributed by atoms with E-state index < -0.39 is 39.0 Å². The van der Waals surface area contributed by atoms with E-state index in [-0.39, 0.29) is 29.7 Å². The molecule has 0 aliphatic carbocycles. The summed E-state index contributed by atoms with van der Waals surface area (Å²) >= 11 is 1.59. The lowest BCUT2D eigenvalue weighted by atomic mass is 9.74. The van der Waals surface area contributed by atoms with Crippen molar-refractivity contribution in [3.05, 3.63) is 60.2 Å². The zero-order valence-electron chi connectivity index (χ0n) is 25.5. The molecule has 1 aromatic rings. The SMILES string of the molecule is CN1CC=C[C@@]2(C)S[C@]34C=CCN(C(C)(C)CC(C)(C)C)C(=O)C3N([C@@H](CO)Cc3ccccc3)C(=O)[C@@H]4[C@H]2C1=O. The van der Waals surface area contributed by atoms with Gasteiger partial charge in [0.15, 0.2) is 0 Å². The smallest absolute Gasteiger partial charge is 0.247 e. The number of thioether (sulfide) groups is 1. The summed E-state index contributed by atoms with van der Waals surface area (Å²) in [4.78, 5) is 48.9. The third-order valence-electron chi connectivity index (χ3n) is 9.31. The monoisotopic (exact) mass is 579 g/mol. The first kappa shape index (κ1) is 29.9. The summed E-state index contributed by atoms with van der Waals surface area (Å²) in [6, 6.07) is 8.35. The number of fused-ring (bicyclic) bond motifs is 2. The Morgan fingerprint density at radius 2 is 1.61 bits per heavy atom. The molecule has 0 saturated carbocycles. The summed E-state index contributed by atoms with van der Waals surface area (Å²) in [6.07, 6.45) is 9.38. The van der Waals surface area contributed by atoms with Crippen molar-refractivity contribution in [1.82, 2.24) is 14.7 Å².